The Morgan fingerprint density at radius 3 is 2.82 bits per heavy atom. The Morgan fingerprint density at radius 2 is 2.18 bits per heavy atom. The highest BCUT2D eigenvalue weighted by Crippen LogP contribution is 2.23. The van der Waals surface area contributed by atoms with E-state index in [1.165, 1.54) is 0 Å². The lowest BCUT2D eigenvalue weighted by Gasteiger charge is -2.17. The fourth-order valence-electron chi connectivity index (χ4n) is 1.71. The van der Waals surface area contributed by atoms with Crippen LogP contribution in [0.2, 0.25) is 0 Å². The number of methoxy groups -OCH3 is 1. The molecule has 1 aromatic rings. The van der Waals surface area contributed by atoms with Gasteiger partial charge in [0.1, 0.15) is 11.5 Å². The molecule has 0 aromatic heterocycles. The van der Waals surface area contributed by atoms with Gasteiger partial charge in [0.25, 0.3) is 0 Å². The van der Waals surface area contributed by atoms with Crippen LogP contribution in [0.5, 0.6) is 11.5 Å². The largest absolute Gasteiger partial charge is 0.508 e. The van der Waals surface area contributed by atoms with Gasteiger partial charge in [-0.05, 0) is 51.8 Å². The van der Waals surface area contributed by atoms with Gasteiger partial charge in [-0.25, -0.2) is 0 Å². The van der Waals surface area contributed by atoms with Crippen LogP contribution in [0.3, 0.4) is 0 Å². The quantitative estimate of drug-likeness (QED) is 0.706. The van der Waals surface area contributed by atoms with E-state index in [1.54, 1.807) is 19.2 Å². The molecule has 0 aliphatic heterocycles. The molecule has 0 aliphatic rings. The Morgan fingerprint density at radius 1 is 1.41 bits per heavy atom. The number of nitrogens with zero attached hydrogens (tertiary/aromatic N) is 1. The fourth-order valence-corrected chi connectivity index (χ4v) is 1.71. The van der Waals surface area contributed by atoms with E-state index in [1.807, 2.05) is 13.1 Å². The van der Waals surface area contributed by atoms with Crippen LogP contribution in [0, 0.1) is 0 Å². The fraction of sp³-hybridized carbons (Fsp3) is 0.538. The van der Waals surface area contributed by atoms with Gasteiger partial charge in [0.2, 0.25) is 0 Å². The summed E-state index contributed by atoms with van der Waals surface area (Å²) in [4.78, 5) is 2.19. The van der Waals surface area contributed by atoms with Crippen molar-refractivity contribution in [3.63, 3.8) is 0 Å². The van der Waals surface area contributed by atoms with Crippen molar-refractivity contribution in [1.82, 2.24) is 10.2 Å². The summed E-state index contributed by atoms with van der Waals surface area (Å²) in [5.41, 5.74) is 0.899. The highest BCUT2D eigenvalue weighted by molar-refractivity contribution is 5.39. The van der Waals surface area contributed by atoms with Gasteiger partial charge in [0.15, 0.2) is 0 Å². The van der Waals surface area contributed by atoms with Crippen molar-refractivity contribution in [3.8, 4) is 11.5 Å². The zero-order valence-corrected chi connectivity index (χ0v) is 10.9. The summed E-state index contributed by atoms with van der Waals surface area (Å²) >= 11 is 0. The van der Waals surface area contributed by atoms with Crippen LogP contribution in [-0.4, -0.2) is 44.3 Å². The van der Waals surface area contributed by atoms with Crippen LogP contribution in [0.15, 0.2) is 18.2 Å². The average Bonchev–Trinajstić information content (AvgIpc) is 2.32. The molecule has 4 heteroatoms. The third kappa shape index (κ3) is 4.63. The van der Waals surface area contributed by atoms with Crippen LogP contribution in [-0.2, 0) is 6.54 Å². The molecule has 0 unspecified atom stereocenters. The number of ether oxygens (including phenoxy) is 1. The summed E-state index contributed by atoms with van der Waals surface area (Å²) in [6, 6.07) is 5.32. The van der Waals surface area contributed by atoms with Crippen molar-refractivity contribution in [1.29, 1.82) is 0 Å². The maximum atomic E-state index is 9.76. The predicted molar refractivity (Wildman–Crippen MR) is 69.5 cm³/mol. The van der Waals surface area contributed by atoms with Gasteiger partial charge in [-0.15, -0.1) is 0 Å². The zero-order valence-electron chi connectivity index (χ0n) is 10.9. The molecule has 0 spiro atoms. The van der Waals surface area contributed by atoms with Gasteiger partial charge in [0.05, 0.1) is 7.11 Å². The highest BCUT2D eigenvalue weighted by Gasteiger charge is 2.06. The van der Waals surface area contributed by atoms with Crippen molar-refractivity contribution in [2.45, 2.75) is 13.0 Å². The molecule has 17 heavy (non-hydrogen) atoms. The maximum Gasteiger partial charge on any atom is 0.120 e. The predicted octanol–water partition coefficient (Wildman–Crippen LogP) is 1.44. The Kier molecular flexibility index (Phi) is 5.80. The number of aromatic hydroxyl groups is 1. The second-order valence-electron chi connectivity index (χ2n) is 4.19. The summed E-state index contributed by atoms with van der Waals surface area (Å²) in [6.07, 6.45) is 1.09. The molecule has 1 aromatic carbocycles. The Bertz CT molecular complexity index is 342. The van der Waals surface area contributed by atoms with Crippen molar-refractivity contribution >= 4 is 0 Å². The summed E-state index contributed by atoms with van der Waals surface area (Å²) in [6.45, 7) is 2.73. The molecular weight excluding hydrogens is 216 g/mol. The first-order chi connectivity index (χ1) is 8.17. The topological polar surface area (TPSA) is 44.7 Å². The van der Waals surface area contributed by atoms with Gasteiger partial charge in [-0.1, -0.05) is 0 Å². The van der Waals surface area contributed by atoms with Crippen molar-refractivity contribution < 1.29 is 9.84 Å². The monoisotopic (exact) mass is 238 g/mol. The van der Waals surface area contributed by atoms with E-state index in [4.69, 9.17) is 4.74 Å². The van der Waals surface area contributed by atoms with Crippen molar-refractivity contribution in [3.05, 3.63) is 23.8 Å². The first-order valence-corrected chi connectivity index (χ1v) is 5.86. The average molecular weight is 238 g/mol. The molecular formula is C13H22N2O2. The number of phenols is 1. The molecule has 4 nitrogen and oxygen atoms in total. The molecule has 0 saturated carbocycles. The Labute approximate surface area is 103 Å². The van der Waals surface area contributed by atoms with Crippen LogP contribution < -0.4 is 10.1 Å². The summed E-state index contributed by atoms with van der Waals surface area (Å²) in [5, 5.41) is 12.9. The molecule has 1 rings (SSSR count). The van der Waals surface area contributed by atoms with Gasteiger partial charge in [0, 0.05) is 12.1 Å². The van der Waals surface area contributed by atoms with E-state index in [0.29, 0.717) is 5.75 Å². The van der Waals surface area contributed by atoms with E-state index in [9.17, 15) is 5.11 Å². The molecule has 0 bridgehead atoms. The smallest absolute Gasteiger partial charge is 0.120 e. The van der Waals surface area contributed by atoms with E-state index >= 15 is 0 Å². The lowest BCUT2D eigenvalue weighted by Crippen LogP contribution is -2.22. The second kappa shape index (κ2) is 7.14. The summed E-state index contributed by atoms with van der Waals surface area (Å²) in [7, 11) is 5.63. The zero-order chi connectivity index (χ0) is 12.7. The minimum Gasteiger partial charge on any atom is -0.508 e. The molecule has 0 amide bonds. The van der Waals surface area contributed by atoms with Crippen molar-refractivity contribution in [2.24, 2.45) is 0 Å². The van der Waals surface area contributed by atoms with E-state index in [2.05, 4.69) is 17.3 Å². The van der Waals surface area contributed by atoms with E-state index < -0.39 is 0 Å². The van der Waals surface area contributed by atoms with Gasteiger partial charge >= 0.3 is 0 Å². The lowest BCUT2D eigenvalue weighted by molar-refractivity contribution is 0.313. The van der Waals surface area contributed by atoms with Crippen LogP contribution in [0.25, 0.3) is 0 Å². The summed E-state index contributed by atoms with van der Waals surface area (Å²) in [5.74, 6) is 1.10. The van der Waals surface area contributed by atoms with Crippen LogP contribution in [0.1, 0.15) is 12.0 Å². The second-order valence-corrected chi connectivity index (χ2v) is 4.19. The molecule has 2 N–H and O–H groups in total. The molecule has 96 valence electrons. The minimum absolute atomic E-state index is 0.325. The van der Waals surface area contributed by atoms with Gasteiger partial charge < -0.3 is 20.1 Å². The number of hydrogen-bond acceptors (Lipinski definition) is 4. The number of rotatable bonds is 7. The van der Waals surface area contributed by atoms with Crippen LogP contribution in [0.4, 0.5) is 0 Å². The first kappa shape index (κ1) is 13.8. The number of nitrogens with one attached hydrogen (secondary N) is 1. The number of phenolic OH excluding ortho intramolecular Hbond substituents is 1. The molecule has 0 atom stereocenters. The molecule has 0 heterocycles. The van der Waals surface area contributed by atoms with Gasteiger partial charge in [-0.2, -0.15) is 0 Å². The van der Waals surface area contributed by atoms with E-state index in [-0.39, 0.29) is 0 Å². The maximum absolute atomic E-state index is 9.76. The van der Waals surface area contributed by atoms with E-state index in [0.717, 1.165) is 37.4 Å². The first-order valence-electron chi connectivity index (χ1n) is 5.86. The number of benzene rings is 1. The Hall–Kier alpha value is -1.26. The third-order valence-corrected chi connectivity index (χ3v) is 2.69. The number of hydrogen-bond donors (Lipinski definition) is 2. The standard InChI is InChI=1S/C13H22N2O2/c1-14-7-4-8-15(2)10-11-9-12(17-3)5-6-13(11)16/h5-6,9,14,16H,4,7-8,10H2,1-3H3. The molecule has 0 radical (unpaired) electrons. The SMILES string of the molecule is CNCCCN(C)Cc1cc(OC)ccc1O. The normalized spacial score (nSPS) is 10.8. The third-order valence-electron chi connectivity index (χ3n) is 2.69. The minimum atomic E-state index is 0.325. The lowest BCUT2D eigenvalue weighted by atomic mass is 10.1. The molecule has 0 aliphatic carbocycles. The van der Waals surface area contributed by atoms with Gasteiger partial charge in [-0.3, -0.25) is 0 Å². The van der Waals surface area contributed by atoms with Crippen LogP contribution >= 0.6 is 0 Å². The highest BCUT2D eigenvalue weighted by atomic mass is 16.5. The van der Waals surface area contributed by atoms with Crippen molar-refractivity contribution in [2.75, 3.05) is 34.3 Å². The summed E-state index contributed by atoms with van der Waals surface area (Å²) < 4.78 is 5.15. The molecule has 0 saturated heterocycles. The molecule has 0 fully saturated rings. The Balaban J connectivity index is 2.54.